The highest BCUT2D eigenvalue weighted by Gasteiger charge is 2.17. The molecule has 0 aliphatic carbocycles. The van der Waals surface area contributed by atoms with Crippen LogP contribution in [-0.4, -0.2) is 16.8 Å². The average molecular weight is 418 g/mol. The number of rotatable bonds is 6. The minimum absolute atomic E-state index is 0.238. The molecule has 1 heterocycles. The highest BCUT2D eigenvalue weighted by molar-refractivity contribution is 14.1. The van der Waals surface area contributed by atoms with Crippen molar-refractivity contribution in [2.75, 3.05) is 7.05 Å². The van der Waals surface area contributed by atoms with Crippen LogP contribution in [0.25, 0.3) is 0 Å². The Morgan fingerprint density at radius 2 is 2.10 bits per heavy atom. The van der Waals surface area contributed by atoms with Gasteiger partial charge >= 0.3 is 0 Å². The van der Waals surface area contributed by atoms with Crippen molar-refractivity contribution >= 4 is 34.2 Å². The highest BCUT2D eigenvalue weighted by Crippen LogP contribution is 2.26. The van der Waals surface area contributed by atoms with Gasteiger partial charge in [0.15, 0.2) is 0 Å². The van der Waals surface area contributed by atoms with Gasteiger partial charge in [0, 0.05) is 33.3 Å². The summed E-state index contributed by atoms with van der Waals surface area (Å²) in [6, 6.07) is 8.51. The second-order valence-electron chi connectivity index (χ2n) is 5.01. The molecule has 21 heavy (non-hydrogen) atoms. The second kappa shape index (κ2) is 7.61. The molecule has 2 rings (SSSR count). The molecule has 2 aromatic rings. The van der Waals surface area contributed by atoms with Crippen LogP contribution in [0.4, 0.5) is 0 Å². The van der Waals surface area contributed by atoms with Crippen molar-refractivity contribution in [3.63, 3.8) is 0 Å². The zero-order valence-corrected chi connectivity index (χ0v) is 15.6. The molecule has 0 aliphatic heterocycles. The molecular formula is C16H21ClIN3. The molecule has 0 radical (unpaired) electrons. The van der Waals surface area contributed by atoms with Crippen LogP contribution >= 0.6 is 34.2 Å². The summed E-state index contributed by atoms with van der Waals surface area (Å²) in [4.78, 5) is 0. The Labute approximate surface area is 145 Å². The van der Waals surface area contributed by atoms with E-state index in [0.29, 0.717) is 0 Å². The van der Waals surface area contributed by atoms with Gasteiger partial charge in [-0.1, -0.05) is 18.5 Å². The van der Waals surface area contributed by atoms with Crippen molar-refractivity contribution in [2.45, 2.75) is 39.3 Å². The highest BCUT2D eigenvalue weighted by atomic mass is 127. The first-order valence-electron chi connectivity index (χ1n) is 7.26. The predicted octanol–water partition coefficient (Wildman–Crippen LogP) is 4.23. The Kier molecular flexibility index (Phi) is 6.08. The fourth-order valence-corrected chi connectivity index (χ4v) is 3.38. The van der Waals surface area contributed by atoms with Gasteiger partial charge in [0.2, 0.25) is 0 Å². The number of benzene rings is 1. The number of hydrogen-bond acceptors (Lipinski definition) is 2. The lowest BCUT2D eigenvalue weighted by atomic mass is 10.0. The molecule has 0 bridgehead atoms. The van der Waals surface area contributed by atoms with Crippen molar-refractivity contribution in [1.82, 2.24) is 15.1 Å². The van der Waals surface area contributed by atoms with Crippen LogP contribution in [0.1, 0.15) is 36.8 Å². The maximum Gasteiger partial charge on any atom is 0.0624 e. The van der Waals surface area contributed by atoms with Crippen molar-refractivity contribution in [2.24, 2.45) is 0 Å². The van der Waals surface area contributed by atoms with Gasteiger partial charge in [0.1, 0.15) is 0 Å². The van der Waals surface area contributed by atoms with Gasteiger partial charge in [-0.05, 0) is 72.8 Å². The van der Waals surface area contributed by atoms with Crippen LogP contribution in [0, 0.1) is 3.57 Å². The van der Waals surface area contributed by atoms with E-state index in [4.69, 9.17) is 11.6 Å². The zero-order chi connectivity index (χ0) is 15.4. The molecule has 0 amide bonds. The van der Waals surface area contributed by atoms with E-state index in [1.54, 1.807) is 0 Å². The molecule has 0 spiro atoms. The Hall–Kier alpha value is -0.590. The molecule has 1 N–H and O–H groups in total. The van der Waals surface area contributed by atoms with Crippen LogP contribution in [0.3, 0.4) is 0 Å². The summed E-state index contributed by atoms with van der Waals surface area (Å²) in [5, 5.41) is 8.82. The molecule has 1 atom stereocenters. The maximum atomic E-state index is 6.16. The number of nitrogens with one attached hydrogen (secondary N) is 1. The van der Waals surface area contributed by atoms with Crippen LogP contribution in [0.2, 0.25) is 5.02 Å². The van der Waals surface area contributed by atoms with E-state index in [1.807, 2.05) is 13.1 Å². The normalized spacial score (nSPS) is 12.6. The molecule has 0 fully saturated rings. The second-order valence-corrected chi connectivity index (χ2v) is 6.61. The molecule has 114 valence electrons. The van der Waals surface area contributed by atoms with E-state index >= 15 is 0 Å². The fourth-order valence-electron chi connectivity index (χ4n) is 2.48. The van der Waals surface area contributed by atoms with Crippen LogP contribution < -0.4 is 5.32 Å². The van der Waals surface area contributed by atoms with Gasteiger partial charge in [-0.25, -0.2) is 0 Å². The number of nitrogens with zero attached hydrogens (tertiary/aromatic N) is 2. The van der Waals surface area contributed by atoms with E-state index in [9.17, 15) is 0 Å². The summed E-state index contributed by atoms with van der Waals surface area (Å²) in [5.41, 5.74) is 3.67. The van der Waals surface area contributed by atoms with E-state index in [-0.39, 0.29) is 6.04 Å². The van der Waals surface area contributed by atoms with Crippen molar-refractivity contribution < 1.29 is 0 Å². The molecule has 1 aromatic carbocycles. The lowest BCUT2D eigenvalue weighted by Gasteiger charge is -2.19. The first kappa shape index (κ1) is 16.8. The minimum Gasteiger partial charge on any atom is -0.313 e. The number of hydrogen-bond donors (Lipinski definition) is 1. The first-order valence-corrected chi connectivity index (χ1v) is 8.72. The number of aryl methyl sites for hydroxylation is 2. The van der Waals surface area contributed by atoms with Gasteiger partial charge in [-0.2, -0.15) is 5.10 Å². The summed E-state index contributed by atoms with van der Waals surface area (Å²) in [7, 11) is 2.00. The molecule has 0 saturated carbocycles. The summed E-state index contributed by atoms with van der Waals surface area (Å²) in [6.45, 7) is 5.17. The van der Waals surface area contributed by atoms with Gasteiger partial charge in [0.05, 0.1) is 5.69 Å². The van der Waals surface area contributed by atoms with Crippen LogP contribution in [-0.2, 0) is 19.4 Å². The summed E-state index contributed by atoms with van der Waals surface area (Å²) >= 11 is 8.53. The topological polar surface area (TPSA) is 29.9 Å². The quantitative estimate of drug-likeness (QED) is 0.713. The maximum absolute atomic E-state index is 6.16. The van der Waals surface area contributed by atoms with Gasteiger partial charge in [0.25, 0.3) is 0 Å². The van der Waals surface area contributed by atoms with Crippen LogP contribution in [0.5, 0.6) is 0 Å². The van der Waals surface area contributed by atoms with Crippen molar-refractivity contribution in [3.8, 4) is 0 Å². The first-order chi connectivity index (χ1) is 10.1. The SMILES string of the molecule is CCc1cc(CC(NC)c2cc(Cl)ccc2I)n(CC)n1. The Morgan fingerprint density at radius 1 is 1.33 bits per heavy atom. The standard InChI is InChI=1S/C16H21ClIN3/c1-4-12-9-13(21(5-2)20-12)10-16(19-3)14-8-11(17)6-7-15(14)18/h6-9,16,19H,4-5,10H2,1-3H3. The molecule has 3 nitrogen and oxygen atoms in total. The third-order valence-electron chi connectivity index (χ3n) is 3.67. The number of aromatic nitrogens is 2. The number of likely N-dealkylation sites (N-methyl/N-ethyl adjacent to an activating group) is 1. The van der Waals surface area contributed by atoms with Crippen LogP contribution in [0.15, 0.2) is 24.3 Å². The lowest BCUT2D eigenvalue weighted by Crippen LogP contribution is -2.21. The Bertz CT molecular complexity index is 610. The summed E-state index contributed by atoms with van der Waals surface area (Å²) < 4.78 is 3.33. The Balaban J connectivity index is 2.30. The smallest absolute Gasteiger partial charge is 0.0624 e. The van der Waals surface area contributed by atoms with E-state index in [2.05, 4.69) is 69.7 Å². The lowest BCUT2D eigenvalue weighted by molar-refractivity contribution is 0.539. The zero-order valence-electron chi connectivity index (χ0n) is 12.7. The largest absolute Gasteiger partial charge is 0.313 e. The molecule has 1 aromatic heterocycles. The molecule has 0 saturated heterocycles. The average Bonchev–Trinajstić information content (AvgIpc) is 2.89. The van der Waals surface area contributed by atoms with E-state index in [1.165, 1.54) is 14.8 Å². The molecular weight excluding hydrogens is 397 g/mol. The Morgan fingerprint density at radius 3 is 2.71 bits per heavy atom. The third kappa shape index (κ3) is 3.99. The third-order valence-corrected chi connectivity index (χ3v) is 4.89. The van der Waals surface area contributed by atoms with Gasteiger partial charge < -0.3 is 5.32 Å². The molecule has 1 unspecified atom stereocenters. The van der Waals surface area contributed by atoms with Gasteiger partial charge in [-0.3, -0.25) is 4.68 Å². The monoisotopic (exact) mass is 417 g/mol. The predicted molar refractivity (Wildman–Crippen MR) is 97.0 cm³/mol. The summed E-state index contributed by atoms with van der Waals surface area (Å²) in [5.74, 6) is 0. The van der Waals surface area contributed by atoms with E-state index in [0.717, 1.165) is 30.1 Å². The molecule has 0 aliphatic rings. The van der Waals surface area contributed by atoms with E-state index < -0.39 is 0 Å². The van der Waals surface area contributed by atoms with Crippen molar-refractivity contribution in [1.29, 1.82) is 0 Å². The van der Waals surface area contributed by atoms with Crippen molar-refractivity contribution in [3.05, 3.63) is 49.8 Å². The number of halogens is 2. The molecule has 5 heteroatoms. The summed E-state index contributed by atoms with van der Waals surface area (Å²) in [6.07, 6.45) is 1.88. The fraction of sp³-hybridized carbons (Fsp3) is 0.438. The minimum atomic E-state index is 0.238. The van der Waals surface area contributed by atoms with Gasteiger partial charge in [-0.15, -0.1) is 0 Å².